The van der Waals surface area contributed by atoms with Crippen molar-refractivity contribution in [3.8, 4) is 11.5 Å². The van der Waals surface area contributed by atoms with Gasteiger partial charge in [-0.3, -0.25) is 4.79 Å². The van der Waals surface area contributed by atoms with Gasteiger partial charge in [-0.1, -0.05) is 25.7 Å². The second-order valence-electron chi connectivity index (χ2n) is 9.34. The van der Waals surface area contributed by atoms with Gasteiger partial charge in [-0.25, -0.2) is 14.6 Å². The number of hydrazone groups is 1. The van der Waals surface area contributed by atoms with Gasteiger partial charge in [0, 0.05) is 23.9 Å². The molecule has 0 spiro atoms. The van der Waals surface area contributed by atoms with Crippen LogP contribution in [0.25, 0.3) is 0 Å². The van der Waals surface area contributed by atoms with Crippen molar-refractivity contribution in [2.75, 3.05) is 41.4 Å². The summed E-state index contributed by atoms with van der Waals surface area (Å²) in [6, 6.07) is 5.97. The molecule has 10 heteroatoms. The van der Waals surface area contributed by atoms with Crippen molar-refractivity contribution >= 4 is 23.6 Å². The predicted molar refractivity (Wildman–Crippen MR) is 136 cm³/mol. The van der Waals surface area contributed by atoms with Crippen molar-refractivity contribution in [1.29, 1.82) is 0 Å². The molecule has 0 saturated heterocycles. The Morgan fingerprint density at radius 2 is 1.58 bits per heavy atom. The van der Waals surface area contributed by atoms with Crippen LogP contribution in [0.5, 0.6) is 11.5 Å². The molecule has 200 valence electrons. The third-order valence-electron chi connectivity index (χ3n) is 6.50. The maximum atomic E-state index is 13.1. The SMILES string of the molecule is COc1ccc(C2=NN(CCCCCCN(C)C)C(=O)[C@@H]3CCCC[C@H]23)cc1OC.O=C(O)C(=O)O. The largest absolute Gasteiger partial charge is 0.493 e. The molecule has 1 aliphatic carbocycles. The van der Waals surface area contributed by atoms with Gasteiger partial charge in [0.15, 0.2) is 11.5 Å². The van der Waals surface area contributed by atoms with Crippen LogP contribution >= 0.6 is 0 Å². The molecular formula is C26H39N3O7. The molecule has 2 atom stereocenters. The second kappa shape index (κ2) is 14.4. The normalized spacial score (nSPS) is 19.1. The summed E-state index contributed by atoms with van der Waals surface area (Å²) in [5.74, 6) is -1.74. The maximum absolute atomic E-state index is 13.1. The Balaban J connectivity index is 0.000000678. The molecule has 3 rings (SSSR count). The zero-order chi connectivity index (χ0) is 26.7. The minimum absolute atomic E-state index is 0.0630. The van der Waals surface area contributed by atoms with Crippen LogP contribution < -0.4 is 9.47 Å². The topological polar surface area (TPSA) is 129 Å². The lowest BCUT2D eigenvalue weighted by molar-refractivity contribution is -0.159. The van der Waals surface area contributed by atoms with Crippen LogP contribution in [0.3, 0.4) is 0 Å². The fourth-order valence-corrected chi connectivity index (χ4v) is 4.67. The third kappa shape index (κ3) is 8.22. The van der Waals surface area contributed by atoms with Crippen LogP contribution in [-0.4, -0.2) is 85.1 Å². The van der Waals surface area contributed by atoms with Crippen molar-refractivity contribution in [3.05, 3.63) is 23.8 Å². The lowest BCUT2D eigenvalue weighted by Crippen LogP contribution is -2.46. The van der Waals surface area contributed by atoms with E-state index in [-0.39, 0.29) is 17.7 Å². The minimum Gasteiger partial charge on any atom is -0.493 e. The number of nitrogens with zero attached hydrogens (tertiary/aromatic N) is 3. The minimum atomic E-state index is -1.82. The maximum Gasteiger partial charge on any atom is 0.414 e. The van der Waals surface area contributed by atoms with Gasteiger partial charge in [-0.2, -0.15) is 5.10 Å². The van der Waals surface area contributed by atoms with Crippen LogP contribution in [0.2, 0.25) is 0 Å². The average Bonchev–Trinajstić information content (AvgIpc) is 2.87. The molecule has 1 aromatic rings. The van der Waals surface area contributed by atoms with Gasteiger partial charge in [0.1, 0.15) is 0 Å². The number of fused-ring (bicyclic) bond motifs is 1. The van der Waals surface area contributed by atoms with Gasteiger partial charge >= 0.3 is 11.9 Å². The van der Waals surface area contributed by atoms with Crippen molar-refractivity contribution in [3.63, 3.8) is 0 Å². The number of carboxylic acids is 2. The molecule has 2 N–H and O–H groups in total. The zero-order valence-electron chi connectivity index (χ0n) is 21.7. The molecule has 10 nitrogen and oxygen atoms in total. The number of carbonyl (C=O) groups excluding carboxylic acids is 1. The number of hydrogen-bond acceptors (Lipinski definition) is 7. The molecule has 1 saturated carbocycles. The van der Waals surface area contributed by atoms with E-state index in [4.69, 9.17) is 34.4 Å². The molecule has 1 heterocycles. The number of unbranched alkanes of at least 4 members (excludes halogenated alkanes) is 3. The summed E-state index contributed by atoms with van der Waals surface area (Å²) < 4.78 is 10.9. The first kappa shape index (κ1) is 29.1. The average molecular weight is 506 g/mol. The van der Waals surface area contributed by atoms with E-state index in [9.17, 15) is 4.79 Å². The first-order valence-electron chi connectivity index (χ1n) is 12.4. The third-order valence-corrected chi connectivity index (χ3v) is 6.50. The summed E-state index contributed by atoms with van der Waals surface area (Å²) in [6.45, 7) is 1.83. The molecular weight excluding hydrogens is 466 g/mol. The van der Waals surface area contributed by atoms with Crippen molar-refractivity contribution in [2.45, 2.75) is 51.4 Å². The van der Waals surface area contributed by atoms with E-state index >= 15 is 0 Å². The Hall–Kier alpha value is -3.14. The predicted octanol–water partition coefficient (Wildman–Crippen LogP) is 3.33. The highest BCUT2D eigenvalue weighted by molar-refractivity contribution is 6.27. The Kier molecular flexibility index (Phi) is 11.7. The number of rotatable bonds is 10. The Morgan fingerprint density at radius 3 is 2.17 bits per heavy atom. The van der Waals surface area contributed by atoms with Crippen molar-refractivity contribution in [2.24, 2.45) is 16.9 Å². The molecule has 0 bridgehead atoms. The van der Waals surface area contributed by atoms with Gasteiger partial charge in [0.05, 0.1) is 19.9 Å². The summed E-state index contributed by atoms with van der Waals surface area (Å²) in [6.07, 6.45) is 8.81. The molecule has 1 aliphatic heterocycles. The van der Waals surface area contributed by atoms with Crippen LogP contribution in [0.1, 0.15) is 56.9 Å². The summed E-state index contributed by atoms with van der Waals surface area (Å²) in [5, 5.41) is 21.4. The highest BCUT2D eigenvalue weighted by Gasteiger charge is 2.41. The van der Waals surface area contributed by atoms with Crippen LogP contribution in [0.4, 0.5) is 0 Å². The summed E-state index contributed by atoms with van der Waals surface area (Å²) in [7, 11) is 7.51. The van der Waals surface area contributed by atoms with E-state index in [1.54, 1.807) is 19.2 Å². The molecule has 1 aromatic carbocycles. The number of hydrogen-bond donors (Lipinski definition) is 2. The summed E-state index contributed by atoms with van der Waals surface area (Å²) in [4.78, 5) is 33.6. The number of methoxy groups -OCH3 is 2. The lowest BCUT2D eigenvalue weighted by atomic mass is 9.73. The molecule has 1 fully saturated rings. The number of benzene rings is 1. The standard InChI is InChI=1S/C24H37N3O3.C2H2O4/c1-26(2)15-9-5-6-10-16-27-24(28)20-12-8-7-11-19(20)23(25-27)18-13-14-21(29-3)22(17-18)30-4;3-1(4)2(5)6/h13-14,17,19-20H,5-12,15-16H2,1-4H3;(H,3,4)(H,5,6)/t19-,20+;/m0./s1. The first-order valence-corrected chi connectivity index (χ1v) is 12.4. The molecule has 0 unspecified atom stereocenters. The Bertz CT molecular complexity index is 920. The monoisotopic (exact) mass is 505 g/mol. The van der Waals surface area contributed by atoms with E-state index in [0.29, 0.717) is 18.0 Å². The fourth-order valence-electron chi connectivity index (χ4n) is 4.67. The van der Waals surface area contributed by atoms with Gasteiger partial charge in [-0.15, -0.1) is 0 Å². The van der Waals surface area contributed by atoms with Gasteiger partial charge < -0.3 is 24.6 Å². The van der Waals surface area contributed by atoms with Crippen LogP contribution in [0, 0.1) is 11.8 Å². The summed E-state index contributed by atoms with van der Waals surface area (Å²) >= 11 is 0. The Morgan fingerprint density at radius 1 is 0.972 bits per heavy atom. The fraction of sp³-hybridized carbons (Fsp3) is 0.615. The highest BCUT2D eigenvalue weighted by atomic mass is 16.5. The quantitative estimate of drug-likeness (QED) is 0.366. The van der Waals surface area contributed by atoms with Crippen LogP contribution in [0.15, 0.2) is 23.3 Å². The number of carboxylic acid groups (broad SMARTS) is 2. The van der Waals surface area contributed by atoms with E-state index in [2.05, 4.69) is 19.0 Å². The number of amides is 1. The van der Waals surface area contributed by atoms with E-state index in [1.165, 1.54) is 12.8 Å². The molecule has 1 amide bonds. The first-order chi connectivity index (χ1) is 17.2. The second-order valence-corrected chi connectivity index (χ2v) is 9.34. The van der Waals surface area contributed by atoms with Crippen LogP contribution in [-0.2, 0) is 14.4 Å². The number of ether oxygens (including phenoxy) is 2. The van der Waals surface area contributed by atoms with Gasteiger partial charge in [0.2, 0.25) is 5.91 Å². The van der Waals surface area contributed by atoms with E-state index in [1.807, 2.05) is 18.2 Å². The van der Waals surface area contributed by atoms with Crippen molar-refractivity contribution in [1.82, 2.24) is 9.91 Å². The zero-order valence-corrected chi connectivity index (χ0v) is 21.7. The molecule has 0 aromatic heterocycles. The molecule has 0 radical (unpaired) electrons. The van der Waals surface area contributed by atoms with Crippen molar-refractivity contribution < 1.29 is 34.1 Å². The summed E-state index contributed by atoms with van der Waals surface area (Å²) in [5.41, 5.74) is 2.07. The smallest absolute Gasteiger partial charge is 0.414 e. The van der Waals surface area contributed by atoms with E-state index in [0.717, 1.165) is 56.3 Å². The lowest BCUT2D eigenvalue weighted by Gasteiger charge is -2.38. The molecule has 2 aliphatic rings. The highest BCUT2D eigenvalue weighted by Crippen LogP contribution is 2.39. The van der Waals surface area contributed by atoms with E-state index < -0.39 is 11.9 Å². The number of carbonyl (C=O) groups is 3. The molecule has 36 heavy (non-hydrogen) atoms. The Labute approximate surface area is 212 Å². The van der Waals surface area contributed by atoms with Gasteiger partial charge in [-0.05, 0) is 64.5 Å². The van der Waals surface area contributed by atoms with Gasteiger partial charge in [0.25, 0.3) is 0 Å². The number of aliphatic carboxylic acids is 2.